The van der Waals surface area contributed by atoms with E-state index in [0.29, 0.717) is 44.4 Å². The molecule has 0 aromatic heterocycles. The molecule has 0 spiro atoms. The molecule has 318 valence electrons. The van der Waals surface area contributed by atoms with Crippen LogP contribution in [-0.2, 0) is 0 Å². The van der Waals surface area contributed by atoms with E-state index in [0.717, 1.165) is 44.9 Å². The first-order valence-corrected chi connectivity index (χ1v) is 26.6. The lowest BCUT2D eigenvalue weighted by atomic mass is 10.0. The zero-order chi connectivity index (χ0) is 45.5. The van der Waals surface area contributed by atoms with Crippen LogP contribution in [0.4, 0.5) is 0 Å². The topological polar surface area (TPSA) is 18.5 Å². The van der Waals surface area contributed by atoms with Crippen molar-refractivity contribution in [3.05, 3.63) is 154 Å². The van der Waals surface area contributed by atoms with Crippen molar-refractivity contribution >= 4 is 38.4 Å². The summed E-state index contributed by atoms with van der Waals surface area (Å²) in [6.07, 6.45) is 0. The number of hydrogen-bond donors (Lipinski definition) is 0. The van der Waals surface area contributed by atoms with E-state index in [2.05, 4.69) is 165 Å². The molecule has 0 radical (unpaired) electrons. The number of hydrogen-bond acceptors (Lipinski definition) is 2. The Bertz CT molecular complexity index is 2300. The Balaban J connectivity index is 2.16. The van der Waals surface area contributed by atoms with Crippen molar-refractivity contribution in [3.8, 4) is 46.3 Å². The minimum absolute atomic E-state index is 0.490. The first-order valence-electron chi connectivity index (χ1n) is 22.1. The highest BCUT2D eigenvalue weighted by Gasteiger charge is 2.42. The second-order valence-corrected chi connectivity index (χ2v) is 28.9. The first kappa shape index (κ1) is 48.9. The molecule has 0 saturated carbocycles. The lowest BCUT2D eigenvalue weighted by molar-refractivity contribution is 0.414. The predicted octanol–water partition coefficient (Wildman–Crippen LogP) is 15.3. The second-order valence-electron chi connectivity index (χ2n) is 17.7. The summed E-state index contributed by atoms with van der Waals surface area (Å²) in [5.41, 5.74) is 31.5. The molecule has 0 N–H and O–H groups in total. The monoisotopic (exact) mass is 850 g/mol. The van der Waals surface area contributed by atoms with Gasteiger partial charge < -0.3 is 9.47 Å². The van der Waals surface area contributed by atoms with Gasteiger partial charge >= 0.3 is 0 Å². The normalized spacial score (nSPS) is 11.0. The molecule has 0 bridgehead atoms. The largest absolute Gasteiger partial charge is 0.497 e. The highest BCUT2D eigenvalue weighted by Crippen LogP contribution is 2.42. The van der Waals surface area contributed by atoms with Crippen molar-refractivity contribution in [2.75, 3.05) is 14.2 Å². The zero-order valence-corrected chi connectivity index (χ0v) is 41.7. The Morgan fingerprint density at radius 2 is 0.581 bits per heavy atom. The Morgan fingerprint density at radius 3 is 0.823 bits per heavy atom. The predicted molar refractivity (Wildman–Crippen MR) is 272 cm³/mol. The van der Waals surface area contributed by atoms with E-state index in [1.165, 1.54) is 0 Å². The van der Waals surface area contributed by atoms with E-state index >= 15 is 0 Å². The van der Waals surface area contributed by atoms with Crippen LogP contribution in [0.3, 0.4) is 0 Å². The Labute approximate surface area is 377 Å². The fourth-order valence-corrected chi connectivity index (χ4v) is 19.4. The highest BCUT2D eigenvalue weighted by molar-refractivity contribution is 6.91. The van der Waals surface area contributed by atoms with Crippen molar-refractivity contribution in [1.29, 1.82) is 0 Å². The molecule has 62 heavy (non-hydrogen) atoms. The van der Waals surface area contributed by atoms with Crippen LogP contribution < -0.4 is 9.47 Å². The maximum absolute atomic E-state index is 5.51. The minimum Gasteiger partial charge on any atom is -0.497 e. The molecule has 0 amide bonds. The van der Waals surface area contributed by atoms with Gasteiger partial charge in [-0.3, -0.25) is 0 Å². The Morgan fingerprint density at radius 1 is 0.339 bits per heavy atom. The summed E-state index contributed by atoms with van der Waals surface area (Å²) in [5, 5.41) is 0. The SMILES string of the molecule is COc1ccc(C(=C=C=C(C#CC(=C=C=C(C#C[Si](C(C)C)(C(C)C)C(C)C)c2ccc(OC)cc2)c2ccccc2)c2ccccc2)C#C[Si](C(C)C)(C(C)C)C(C)C)cc1. The Kier molecular flexibility index (Phi) is 18.0. The molecular weight excluding hydrogens is 785 g/mol. The molecule has 4 heteroatoms. The van der Waals surface area contributed by atoms with Crippen molar-refractivity contribution in [2.24, 2.45) is 0 Å². The molecule has 0 fully saturated rings. The fourth-order valence-electron chi connectivity index (χ4n) is 9.01. The molecule has 0 aliphatic rings. The van der Waals surface area contributed by atoms with Gasteiger partial charge in [-0.25, -0.2) is 0 Å². The van der Waals surface area contributed by atoms with Gasteiger partial charge in [0.2, 0.25) is 0 Å². The summed E-state index contributed by atoms with van der Waals surface area (Å²) in [5.74, 6) is 15.9. The lowest BCUT2D eigenvalue weighted by Crippen LogP contribution is -2.43. The van der Waals surface area contributed by atoms with Gasteiger partial charge in [-0.05, 0) is 104 Å². The standard InChI is InChI=1S/C58H66O2Si2/c1-43(2)61(44(3)4,45(5)6)41-39-55(53-31-35-57(59-13)36-32-53)29-27-51(49-21-17-15-18-22-49)25-26-52(50-23-19-16-20-24-50)28-30-56(54-33-37-58(60-14)38-34-54)40-42-62(46(7)8,47(9)10)48(11)12/h15-24,31-38,43-48H,1-14H3. The van der Waals surface area contributed by atoms with Gasteiger partial charge in [0, 0.05) is 0 Å². The number of allylic oxidation sites excluding steroid dienone is 4. The third-order valence-corrected chi connectivity index (χ3v) is 24.9. The maximum Gasteiger partial charge on any atom is 0.146 e. The molecule has 4 aromatic carbocycles. The highest BCUT2D eigenvalue weighted by atomic mass is 28.3. The van der Waals surface area contributed by atoms with E-state index in [-0.39, 0.29) is 0 Å². The molecule has 4 rings (SSSR count). The van der Waals surface area contributed by atoms with Gasteiger partial charge in [0.1, 0.15) is 27.6 Å². The van der Waals surface area contributed by atoms with Crippen LogP contribution >= 0.6 is 0 Å². The van der Waals surface area contributed by atoms with Crippen molar-refractivity contribution in [3.63, 3.8) is 0 Å². The summed E-state index contributed by atoms with van der Waals surface area (Å²) >= 11 is 0. The molecule has 0 unspecified atom stereocenters. The minimum atomic E-state index is -2.05. The third kappa shape index (κ3) is 12.0. The van der Waals surface area contributed by atoms with Crippen LogP contribution in [0.2, 0.25) is 33.2 Å². The average molecular weight is 851 g/mol. The van der Waals surface area contributed by atoms with Crippen LogP contribution in [-0.4, -0.2) is 30.4 Å². The van der Waals surface area contributed by atoms with Crippen LogP contribution in [0.25, 0.3) is 22.3 Å². The maximum atomic E-state index is 5.51. The molecule has 0 saturated heterocycles. The number of methoxy groups -OCH3 is 2. The van der Waals surface area contributed by atoms with Gasteiger partial charge in [-0.15, -0.1) is 11.1 Å². The smallest absolute Gasteiger partial charge is 0.146 e. The molecule has 0 aliphatic carbocycles. The van der Waals surface area contributed by atoms with Crippen LogP contribution in [0, 0.1) is 34.8 Å². The molecular formula is C58H66O2Si2. The van der Waals surface area contributed by atoms with E-state index in [9.17, 15) is 0 Å². The molecule has 0 heterocycles. The number of ether oxygens (including phenoxy) is 2. The van der Waals surface area contributed by atoms with Crippen molar-refractivity contribution in [2.45, 2.75) is 116 Å². The van der Waals surface area contributed by atoms with E-state index in [1.807, 2.05) is 84.9 Å². The quantitative estimate of drug-likeness (QED) is 0.0803. The first-order chi connectivity index (χ1) is 29.6. The molecule has 4 aromatic rings. The lowest BCUT2D eigenvalue weighted by Gasteiger charge is -2.38. The number of rotatable bonds is 12. The summed E-state index contributed by atoms with van der Waals surface area (Å²) < 4.78 is 11.0. The van der Waals surface area contributed by atoms with Gasteiger partial charge in [-0.2, -0.15) is 0 Å². The van der Waals surface area contributed by atoms with E-state index < -0.39 is 16.1 Å². The second kappa shape index (κ2) is 22.9. The third-order valence-electron chi connectivity index (χ3n) is 12.4. The van der Waals surface area contributed by atoms with Gasteiger partial charge in [0.15, 0.2) is 0 Å². The summed E-state index contributed by atoms with van der Waals surface area (Å²) in [4.78, 5) is 0. The number of benzene rings is 4. The summed E-state index contributed by atoms with van der Waals surface area (Å²) in [6, 6.07) is 36.4. The zero-order valence-electron chi connectivity index (χ0n) is 39.7. The van der Waals surface area contributed by atoms with Crippen LogP contribution in [0.15, 0.2) is 132 Å². The summed E-state index contributed by atoms with van der Waals surface area (Å²) in [6.45, 7) is 28.0. The van der Waals surface area contributed by atoms with Gasteiger partial charge in [0.05, 0.1) is 36.5 Å². The molecule has 0 atom stereocenters. The van der Waals surface area contributed by atoms with Crippen molar-refractivity contribution < 1.29 is 9.47 Å². The van der Waals surface area contributed by atoms with Crippen LogP contribution in [0.1, 0.15) is 105 Å². The van der Waals surface area contributed by atoms with Gasteiger partial charge in [0.25, 0.3) is 0 Å². The Hall–Kier alpha value is -5.81. The summed E-state index contributed by atoms with van der Waals surface area (Å²) in [7, 11) is -0.744. The van der Waals surface area contributed by atoms with Gasteiger partial charge in [-0.1, -0.05) is 190 Å². The van der Waals surface area contributed by atoms with E-state index in [1.54, 1.807) is 14.2 Å². The van der Waals surface area contributed by atoms with Crippen LogP contribution in [0.5, 0.6) is 11.5 Å². The fraction of sp³-hybridized carbons (Fsp3) is 0.345. The van der Waals surface area contributed by atoms with E-state index in [4.69, 9.17) is 9.47 Å². The molecule has 2 nitrogen and oxygen atoms in total. The van der Waals surface area contributed by atoms with Crippen molar-refractivity contribution in [1.82, 2.24) is 0 Å². The average Bonchev–Trinajstić information content (AvgIpc) is 3.26. The molecule has 0 aliphatic heterocycles.